The van der Waals surface area contributed by atoms with Gasteiger partial charge in [-0.15, -0.1) is 0 Å². The van der Waals surface area contributed by atoms with E-state index in [0.717, 1.165) is 30.6 Å². The minimum atomic E-state index is -0.461. The van der Waals surface area contributed by atoms with Gasteiger partial charge < -0.3 is 5.11 Å². The van der Waals surface area contributed by atoms with Gasteiger partial charge in [-0.25, -0.2) is 9.50 Å². The van der Waals surface area contributed by atoms with Crippen molar-refractivity contribution in [1.82, 2.24) is 19.5 Å². The molecule has 1 aliphatic heterocycles. The van der Waals surface area contributed by atoms with Crippen LogP contribution >= 0.6 is 0 Å². The van der Waals surface area contributed by atoms with Crippen LogP contribution in [0.3, 0.4) is 0 Å². The van der Waals surface area contributed by atoms with Crippen LogP contribution in [-0.4, -0.2) is 37.2 Å². The van der Waals surface area contributed by atoms with Crippen LogP contribution < -0.4 is 5.56 Å². The van der Waals surface area contributed by atoms with Gasteiger partial charge in [0.15, 0.2) is 5.65 Å². The van der Waals surface area contributed by atoms with Crippen LogP contribution in [0.15, 0.2) is 53.5 Å². The molecule has 2 atom stereocenters. The molecule has 0 radical (unpaired) electrons. The lowest BCUT2D eigenvalue weighted by Gasteiger charge is -2.26. The van der Waals surface area contributed by atoms with Crippen molar-refractivity contribution in [2.45, 2.75) is 38.0 Å². The second-order valence-electron chi connectivity index (χ2n) is 6.67. The van der Waals surface area contributed by atoms with Gasteiger partial charge in [0, 0.05) is 30.9 Å². The van der Waals surface area contributed by atoms with E-state index in [1.54, 1.807) is 18.3 Å². The monoisotopic (exact) mass is 338 g/mol. The third-order valence-electron chi connectivity index (χ3n) is 4.98. The largest absolute Gasteiger partial charge is 0.388 e. The Bertz CT molecular complexity index is 902. The van der Waals surface area contributed by atoms with E-state index in [4.69, 9.17) is 0 Å². The topological polar surface area (TPSA) is 73.6 Å². The Hall–Kier alpha value is -2.44. The number of hydrogen-bond donors (Lipinski definition) is 2. The molecule has 0 saturated carbocycles. The maximum Gasteiger partial charge on any atom is 0.272 e. The van der Waals surface area contributed by atoms with Gasteiger partial charge in [0.25, 0.3) is 5.56 Å². The summed E-state index contributed by atoms with van der Waals surface area (Å²) in [6, 6.07) is 13.5. The van der Waals surface area contributed by atoms with E-state index >= 15 is 0 Å². The Kier molecular flexibility index (Phi) is 4.38. The number of aromatic nitrogens is 3. The third-order valence-corrected chi connectivity index (χ3v) is 4.98. The summed E-state index contributed by atoms with van der Waals surface area (Å²) in [5.41, 5.74) is 2.29. The van der Waals surface area contributed by atoms with Gasteiger partial charge in [-0.2, -0.15) is 0 Å². The van der Waals surface area contributed by atoms with Gasteiger partial charge in [0.1, 0.15) is 0 Å². The number of likely N-dealkylation sites (tertiary alicyclic amines) is 1. The number of nitrogens with zero attached hydrogens (tertiary/aromatic N) is 3. The Morgan fingerprint density at radius 2 is 2.12 bits per heavy atom. The van der Waals surface area contributed by atoms with Crippen molar-refractivity contribution in [3.8, 4) is 0 Å². The second kappa shape index (κ2) is 6.82. The summed E-state index contributed by atoms with van der Waals surface area (Å²) in [7, 11) is 0. The minimum absolute atomic E-state index is 0.0925. The second-order valence-corrected chi connectivity index (χ2v) is 6.67. The van der Waals surface area contributed by atoms with E-state index in [0.29, 0.717) is 24.7 Å². The van der Waals surface area contributed by atoms with Crippen LogP contribution in [0.2, 0.25) is 0 Å². The molecule has 2 N–H and O–H groups in total. The van der Waals surface area contributed by atoms with Crippen LogP contribution in [0, 0.1) is 0 Å². The van der Waals surface area contributed by atoms with Crippen molar-refractivity contribution in [2.24, 2.45) is 0 Å². The molecule has 0 spiro atoms. The highest BCUT2D eigenvalue weighted by molar-refractivity contribution is 5.36. The highest BCUT2D eigenvalue weighted by atomic mass is 16.3. The van der Waals surface area contributed by atoms with Gasteiger partial charge >= 0.3 is 0 Å². The lowest BCUT2D eigenvalue weighted by atomic mass is 10.0. The lowest BCUT2D eigenvalue weighted by Crippen LogP contribution is -2.31. The summed E-state index contributed by atoms with van der Waals surface area (Å²) in [4.78, 5) is 19.0. The molecule has 1 saturated heterocycles. The minimum Gasteiger partial charge on any atom is -0.388 e. The summed E-state index contributed by atoms with van der Waals surface area (Å²) >= 11 is 0. The van der Waals surface area contributed by atoms with Gasteiger partial charge in [-0.3, -0.25) is 14.8 Å². The number of aliphatic hydroxyl groups is 1. The van der Waals surface area contributed by atoms with E-state index in [2.05, 4.69) is 15.0 Å². The van der Waals surface area contributed by atoms with Crippen molar-refractivity contribution in [3.05, 3.63) is 70.3 Å². The Labute approximate surface area is 145 Å². The molecule has 3 aromatic rings. The van der Waals surface area contributed by atoms with Crippen molar-refractivity contribution in [1.29, 1.82) is 0 Å². The normalized spacial score (nSPS) is 19.5. The molecule has 2 aromatic heterocycles. The number of benzene rings is 1. The lowest BCUT2D eigenvalue weighted by molar-refractivity contribution is 0.117. The Morgan fingerprint density at radius 3 is 2.96 bits per heavy atom. The number of aliphatic hydroxyl groups excluding tert-OH is 1. The first kappa shape index (κ1) is 16.1. The average Bonchev–Trinajstić information content (AvgIpc) is 3.26. The standard InChI is InChI=1S/C19H22N4O2/c24-17(14-5-2-1-3-6-14)12-16-7-4-10-22(16)13-15-11-19(25)23-18(21-15)8-9-20-23/h1-3,5-6,8-9,11,16-17,20,24H,4,7,10,12-13H2/t16-,17-/m0/s1. The van der Waals surface area contributed by atoms with Crippen LogP contribution in [-0.2, 0) is 6.54 Å². The Balaban J connectivity index is 1.48. The molecule has 6 nitrogen and oxygen atoms in total. The highest BCUT2D eigenvalue weighted by Crippen LogP contribution is 2.28. The summed E-state index contributed by atoms with van der Waals surface area (Å²) in [5, 5.41) is 13.4. The summed E-state index contributed by atoms with van der Waals surface area (Å²) in [5.74, 6) is 0. The third kappa shape index (κ3) is 3.36. The predicted molar refractivity (Wildman–Crippen MR) is 95.3 cm³/mol. The van der Waals surface area contributed by atoms with E-state index < -0.39 is 6.10 Å². The number of H-pyrrole nitrogens is 1. The molecular weight excluding hydrogens is 316 g/mol. The molecule has 25 heavy (non-hydrogen) atoms. The van der Waals surface area contributed by atoms with Crippen molar-refractivity contribution in [2.75, 3.05) is 6.54 Å². The summed E-state index contributed by atoms with van der Waals surface area (Å²) in [6.07, 6.45) is 4.13. The van der Waals surface area contributed by atoms with Gasteiger partial charge in [0.05, 0.1) is 11.8 Å². The maximum absolute atomic E-state index is 12.1. The molecule has 0 amide bonds. The highest BCUT2D eigenvalue weighted by Gasteiger charge is 2.27. The number of aromatic amines is 1. The molecule has 0 aliphatic carbocycles. The van der Waals surface area contributed by atoms with Gasteiger partial charge in [-0.05, 0) is 31.4 Å². The average molecular weight is 338 g/mol. The van der Waals surface area contributed by atoms with Crippen LogP contribution in [0.25, 0.3) is 5.65 Å². The fourth-order valence-electron chi connectivity index (χ4n) is 3.71. The van der Waals surface area contributed by atoms with Crippen molar-refractivity contribution in [3.63, 3.8) is 0 Å². The smallest absolute Gasteiger partial charge is 0.272 e. The maximum atomic E-state index is 12.1. The number of hydrogen-bond acceptors (Lipinski definition) is 4. The zero-order valence-corrected chi connectivity index (χ0v) is 14.0. The molecule has 0 bridgehead atoms. The Morgan fingerprint density at radius 1 is 1.28 bits per heavy atom. The first-order chi connectivity index (χ1) is 12.2. The van der Waals surface area contributed by atoms with E-state index in [-0.39, 0.29) is 5.56 Å². The van der Waals surface area contributed by atoms with Crippen molar-refractivity contribution < 1.29 is 5.11 Å². The predicted octanol–water partition coefficient (Wildman–Crippen LogP) is 2.11. The van der Waals surface area contributed by atoms with Crippen LogP contribution in [0.5, 0.6) is 0 Å². The first-order valence-electron chi connectivity index (χ1n) is 8.74. The molecule has 4 rings (SSSR count). The first-order valence-corrected chi connectivity index (χ1v) is 8.74. The summed E-state index contributed by atoms with van der Waals surface area (Å²) < 4.78 is 1.43. The summed E-state index contributed by atoms with van der Waals surface area (Å²) in [6.45, 7) is 1.61. The quantitative estimate of drug-likeness (QED) is 0.747. The molecule has 6 heteroatoms. The van der Waals surface area contributed by atoms with Crippen LogP contribution in [0.1, 0.15) is 36.6 Å². The fraction of sp³-hybridized carbons (Fsp3) is 0.368. The van der Waals surface area contributed by atoms with Crippen molar-refractivity contribution >= 4 is 5.65 Å². The number of fused-ring (bicyclic) bond motifs is 1. The zero-order valence-electron chi connectivity index (χ0n) is 14.0. The fourth-order valence-corrected chi connectivity index (χ4v) is 3.71. The molecule has 3 heterocycles. The molecule has 0 unspecified atom stereocenters. The van der Waals surface area contributed by atoms with E-state index in [1.165, 1.54) is 4.52 Å². The molecule has 1 aromatic carbocycles. The molecule has 1 aliphatic rings. The van der Waals surface area contributed by atoms with Crippen LogP contribution in [0.4, 0.5) is 0 Å². The van der Waals surface area contributed by atoms with Gasteiger partial charge in [0.2, 0.25) is 0 Å². The van der Waals surface area contributed by atoms with E-state index in [9.17, 15) is 9.90 Å². The molecule has 1 fully saturated rings. The number of rotatable bonds is 5. The van der Waals surface area contributed by atoms with Gasteiger partial charge in [-0.1, -0.05) is 30.3 Å². The molecular formula is C19H22N4O2. The van der Waals surface area contributed by atoms with E-state index in [1.807, 2.05) is 30.3 Å². The molecule has 130 valence electrons. The zero-order chi connectivity index (χ0) is 17.2. The SMILES string of the molecule is O=c1cc(CN2CCC[C@H]2C[C@H](O)c2ccccc2)nc2cc[nH]n12. The number of nitrogens with one attached hydrogen (secondary N) is 1.